The first-order chi connectivity index (χ1) is 11.3. The summed E-state index contributed by atoms with van der Waals surface area (Å²) < 4.78 is 5.10. The Morgan fingerprint density at radius 2 is 2.30 bits per heavy atom. The van der Waals surface area contributed by atoms with Gasteiger partial charge in [-0.05, 0) is 44.6 Å². The van der Waals surface area contributed by atoms with Crippen molar-refractivity contribution in [3.05, 3.63) is 48.0 Å². The third-order valence-electron chi connectivity index (χ3n) is 4.74. The van der Waals surface area contributed by atoms with Gasteiger partial charge in [0.25, 0.3) is 0 Å². The molecule has 1 atom stereocenters. The second-order valence-electron chi connectivity index (χ2n) is 6.31. The van der Waals surface area contributed by atoms with E-state index in [0.717, 1.165) is 35.5 Å². The molecule has 23 heavy (non-hydrogen) atoms. The number of pyridine rings is 1. The van der Waals surface area contributed by atoms with Gasteiger partial charge in [0.15, 0.2) is 0 Å². The van der Waals surface area contributed by atoms with E-state index < -0.39 is 0 Å². The average Bonchev–Trinajstić information content (AvgIpc) is 3.23. The molecule has 1 unspecified atom stereocenters. The van der Waals surface area contributed by atoms with Crippen LogP contribution in [0.4, 0.5) is 5.82 Å². The molecule has 0 spiro atoms. The van der Waals surface area contributed by atoms with E-state index >= 15 is 0 Å². The van der Waals surface area contributed by atoms with Crippen LogP contribution in [0.15, 0.2) is 41.3 Å². The van der Waals surface area contributed by atoms with Gasteiger partial charge in [-0.1, -0.05) is 6.42 Å². The van der Waals surface area contributed by atoms with E-state index in [9.17, 15) is 0 Å². The van der Waals surface area contributed by atoms with E-state index in [0.29, 0.717) is 6.04 Å². The first-order valence-corrected chi connectivity index (χ1v) is 8.24. The summed E-state index contributed by atoms with van der Waals surface area (Å²) in [6.07, 6.45) is 9.36. The van der Waals surface area contributed by atoms with Gasteiger partial charge in [0.1, 0.15) is 5.82 Å². The SMILES string of the molecule is CN1CCCCC1c1c[nH]c2ccc(NCc3ccoc3)nc12. The predicted molar refractivity (Wildman–Crippen MR) is 91.4 cm³/mol. The molecule has 0 aromatic carbocycles. The number of hydrogen-bond donors (Lipinski definition) is 2. The zero-order chi connectivity index (χ0) is 15.6. The molecule has 0 radical (unpaired) electrons. The van der Waals surface area contributed by atoms with E-state index in [1.54, 1.807) is 12.5 Å². The van der Waals surface area contributed by atoms with Gasteiger partial charge in [0, 0.05) is 29.9 Å². The zero-order valence-electron chi connectivity index (χ0n) is 13.4. The molecule has 5 heteroatoms. The van der Waals surface area contributed by atoms with Gasteiger partial charge in [0.05, 0.1) is 23.6 Å². The van der Waals surface area contributed by atoms with Crippen LogP contribution in [0.3, 0.4) is 0 Å². The minimum atomic E-state index is 0.467. The topological polar surface area (TPSA) is 57.1 Å². The molecule has 120 valence electrons. The normalized spacial score (nSPS) is 19.3. The zero-order valence-corrected chi connectivity index (χ0v) is 13.4. The molecule has 0 bridgehead atoms. The minimum absolute atomic E-state index is 0.467. The van der Waals surface area contributed by atoms with Crippen LogP contribution in [0.5, 0.6) is 0 Å². The maximum Gasteiger partial charge on any atom is 0.127 e. The standard InChI is InChI=1S/C18H22N4O/c1-22-8-3-2-4-16(22)14-11-19-15-5-6-17(21-18(14)15)20-10-13-7-9-23-12-13/h5-7,9,11-12,16,19H,2-4,8,10H2,1H3,(H,20,21). The number of piperidine rings is 1. The van der Waals surface area contributed by atoms with Gasteiger partial charge in [-0.2, -0.15) is 0 Å². The van der Waals surface area contributed by atoms with Crippen molar-refractivity contribution in [2.24, 2.45) is 0 Å². The van der Waals surface area contributed by atoms with Crippen LogP contribution < -0.4 is 5.32 Å². The molecule has 3 aromatic rings. The van der Waals surface area contributed by atoms with E-state index in [1.165, 1.54) is 24.8 Å². The first-order valence-electron chi connectivity index (χ1n) is 8.24. The molecule has 4 heterocycles. The Balaban J connectivity index is 1.60. The molecule has 2 N–H and O–H groups in total. The van der Waals surface area contributed by atoms with Crippen molar-refractivity contribution in [3.63, 3.8) is 0 Å². The van der Waals surface area contributed by atoms with Gasteiger partial charge in [-0.25, -0.2) is 4.98 Å². The number of rotatable bonds is 4. The highest BCUT2D eigenvalue weighted by Gasteiger charge is 2.23. The summed E-state index contributed by atoms with van der Waals surface area (Å²) in [5.74, 6) is 0.901. The number of likely N-dealkylation sites (tertiary alicyclic amines) is 1. The molecular formula is C18H22N4O. The summed E-state index contributed by atoms with van der Waals surface area (Å²) in [4.78, 5) is 10.7. The van der Waals surface area contributed by atoms with Gasteiger partial charge < -0.3 is 14.7 Å². The fraction of sp³-hybridized carbons (Fsp3) is 0.389. The van der Waals surface area contributed by atoms with E-state index in [4.69, 9.17) is 9.40 Å². The van der Waals surface area contributed by atoms with Crippen LogP contribution >= 0.6 is 0 Å². The molecule has 1 aliphatic heterocycles. The summed E-state index contributed by atoms with van der Waals surface area (Å²) in [7, 11) is 2.21. The van der Waals surface area contributed by atoms with Crippen molar-refractivity contribution < 1.29 is 4.42 Å². The van der Waals surface area contributed by atoms with Crippen LogP contribution in [0.2, 0.25) is 0 Å². The minimum Gasteiger partial charge on any atom is -0.472 e. The summed E-state index contributed by atoms with van der Waals surface area (Å²) in [6, 6.07) is 6.55. The Hall–Kier alpha value is -2.27. The molecule has 4 rings (SSSR count). The van der Waals surface area contributed by atoms with Crippen LogP contribution in [0.1, 0.15) is 36.4 Å². The first kappa shape index (κ1) is 14.3. The van der Waals surface area contributed by atoms with Crippen LogP contribution in [0, 0.1) is 0 Å². The van der Waals surface area contributed by atoms with Gasteiger partial charge >= 0.3 is 0 Å². The largest absolute Gasteiger partial charge is 0.472 e. The lowest BCUT2D eigenvalue weighted by Crippen LogP contribution is -2.29. The Labute approximate surface area is 135 Å². The Bertz CT molecular complexity index is 778. The van der Waals surface area contributed by atoms with Crippen molar-refractivity contribution in [3.8, 4) is 0 Å². The highest BCUT2D eigenvalue weighted by molar-refractivity contribution is 5.81. The number of furan rings is 1. The number of nitrogens with one attached hydrogen (secondary N) is 2. The van der Waals surface area contributed by atoms with Crippen molar-refractivity contribution >= 4 is 16.9 Å². The summed E-state index contributed by atoms with van der Waals surface area (Å²) >= 11 is 0. The molecule has 0 saturated carbocycles. The lowest BCUT2D eigenvalue weighted by atomic mass is 9.97. The monoisotopic (exact) mass is 310 g/mol. The molecule has 0 amide bonds. The maximum absolute atomic E-state index is 5.10. The third kappa shape index (κ3) is 2.84. The third-order valence-corrected chi connectivity index (χ3v) is 4.74. The lowest BCUT2D eigenvalue weighted by Gasteiger charge is -2.32. The Morgan fingerprint density at radius 3 is 3.13 bits per heavy atom. The molecule has 1 fully saturated rings. The highest BCUT2D eigenvalue weighted by Crippen LogP contribution is 2.33. The van der Waals surface area contributed by atoms with Gasteiger partial charge in [0.2, 0.25) is 0 Å². The van der Waals surface area contributed by atoms with Crippen LogP contribution in [0.25, 0.3) is 11.0 Å². The molecule has 3 aromatic heterocycles. The van der Waals surface area contributed by atoms with E-state index in [2.05, 4.69) is 34.5 Å². The van der Waals surface area contributed by atoms with Crippen molar-refractivity contribution in [1.82, 2.24) is 14.9 Å². The summed E-state index contributed by atoms with van der Waals surface area (Å²) in [6.45, 7) is 1.88. The van der Waals surface area contributed by atoms with Gasteiger partial charge in [-0.15, -0.1) is 0 Å². The second kappa shape index (κ2) is 6.08. The summed E-state index contributed by atoms with van der Waals surface area (Å²) in [5, 5.41) is 3.37. The number of aromatic nitrogens is 2. The molecular weight excluding hydrogens is 288 g/mol. The summed E-state index contributed by atoms with van der Waals surface area (Å²) in [5.41, 5.74) is 4.62. The number of H-pyrrole nitrogens is 1. The van der Waals surface area contributed by atoms with Crippen molar-refractivity contribution in [1.29, 1.82) is 0 Å². The van der Waals surface area contributed by atoms with Gasteiger partial charge in [-0.3, -0.25) is 4.90 Å². The van der Waals surface area contributed by atoms with Crippen LogP contribution in [-0.2, 0) is 6.54 Å². The number of aromatic amines is 1. The van der Waals surface area contributed by atoms with E-state index in [1.807, 2.05) is 12.1 Å². The lowest BCUT2D eigenvalue weighted by molar-refractivity contribution is 0.188. The number of nitrogens with zero attached hydrogens (tertiary/aromatic N) is 2. The predicted octanol–water partition coefficient (Wildman–Crippen LogP) is 3.92. The fourth-order valence-corrected chi connectivity index (χ4v) is 3.43. The molecule has 1 aliphatic rings. The molecule has 0 aliphatic carbocycles. The quantitative estimate of drug-likeness (QED) is 0.767. The molecule has 5 nitrogen and oxygen atoms in total. The fourth-order valence-electron chi connectivity index (χ4n) is 3.43. The van der Waals surface area contributed by atoms with Crippen molar-refractivity contribution in [2.75, 3.05) is 18.9 Å². The van der Waals surface area contributed by atoms with Crippen molar-refractivity contribution in [2.45, 2.75) is 31.8 Å². The van der Waals surface area contributed by atoms with Crippen LogP contribution in [-0.4, -0.2) is 28.5 Å². The number of hydrogen-bond acceptors (Lipinski definition) is 4. The Kier molecular flexibility index (Phi) is 3.79. The molecule has 1 saturated heterocycles. The number of fused-ring (bicyclic) bond motifs is 1. The smallest absolute Gasteiger partial charge is 0.127 e. The van der Waals surface area contributed by atoms with E-state index in [-0.39, 0.29) is 0 Å². The maximum atomic E-state index is 5.10. The number of anilines is 1. The Morgan fingerprint density at radius 1 is 1.35 bits per heavy atom. The highest BCUT2D eigenvalue weighted by atomic mass is 16.3. The second-order valence-corrected chi connectivity index (χ2v) is 6.31. The average molecular weight is 310 g/mol.